The third kappa shape index (κ3) is 4.37. The number of carbonyl (C=O) groups excluding carboxylic acids is 2. The van der Waals surface area contributed by atoms with Crippen molar-refractivity contribution < 1.29 is 9.59 Å². The molecule has 0 atom stereocenters. The Morgan fingerprint density at radius 3 is 2.88 bits per heavy atom. The van der Waals surface area contributed by atoms with Crippen LogP contribution in [0.4, 0.5) is 0 Å². The summed E-state index contributed by atoms with van der Waals surface area (Å²) in [5.41, 5.74) is 5.74. The summed E-state index contributed by atoms with van der Waals surface area (Å²) in [6, 6.07) is 13.0. The van der Waals surface area contributed by atoms with E-state index in [-0.39, 0.29) is 12.5 Å². The second-order valence-corrected chi connectivity index (χ2v) is 6.69. The van der Waals surface area contributed by atoms with Crippen LogP contribution in [0.2, 0.25) is 0 Å². The summed E-state index contributed by atoms with van der Waals surface area (Å²) in [5, 5.41) is 7.51. The van der Waals surface area contributed by atoms with Gasteiger partial charge in [0.05, 0.1) is 12.8 Å². The fraction of sp³-hybridized carbons (Fsp3) is 0.105. The van der Waals surface area contributed by atoms with E-state index in [1.807, 2.05) is 37.4 Å². The zero-order valence-electron chi connectivity index (χ0n) is 14.0. The maximum Gasteiger partial charge on any atom is 0.259 e. The Bertz CT molecular complexity index is 994. The molecule has 2 amide bonds. The van der Waals surface area contributed by atoms with E-state index >= 15 is 0 Å². The maximum atomic E-state index is 12.0. The third-order valence-corrected chi connectivity index (χ3v) is 4.25. The minimum Gasteiger partial charge on any atom is -0.361 e. The molecule has 0 aliphatic rings. The lowest BCUT2D eigenvalue weighted by Gasteiger charge is -2.04. The molecule has 6 nitrogen and oxygen atoms in total. The van der Waals surface area contributed by atoms with Gasteiger partial charge in [0.25, 0.3) is 11.8 Å². The molecule has 0 fully saturated rings. The van der Waals surface area contributed by atoms with Crippen LogP contribution in [-0.4, -0.2) is 29.6 Å². The second kappa shape index (κ2) is 7.97. The molecule has 0 saturated carbocycles. The number of nitrogens with one attached hydrogen (secondary N) is 3. The largest absolute Gasteiger partial charge is 0.361 e. The van der Waals surface area contributed by atoms with Crippen LogP contribution in [-0.2, 0) is 4.79 Å². The molecular formula is C19H17BrN4O2. The molecular weight excluding hydrogens is 396 g/mol. The predicted octanol–water partition coefficient (Wildman–Crippen LogP) is 3.12. The molecule has 3 N–H and O–H groups in total. The first-order chi connectivity index (χ1) is 12.5. The predicted molar refractivity (Wildman–Crippen MR) is 105 cm³/mol. The number of aromatic amines is 1. The van der Waals surface area contributed by atoms with Crippen LogP contribution in [0.15, 0.2) is 58.2 Å². The van der Waals surface area contributed by atoms with E-state index in [2.05, 4.69) is 36.8 Å². The topological polar surface area (TPSA) is 86.3 Å². The summed E-state index contributed by atoms with van der Waals surface area (Å²) in [7, 11) is 0. The van der Waals surface area contributed by atoms with Crippen molar-refractivity contribution in [1.29, 1.82) is 0 Å². The van der Waals surface area contributed by atoms with Crippen LogP contribution in [0.3, 0.4) is 0 Å². The van der Waals surface area contributed by atoms with Gasteiger partial charge in [0.15, 0.2) is 0 Å². The highest BCUT2D eigenvalue weighted by Crippen LogP contribution is 2.21. The number of hydrogen-bond acceptors (Lipinski definition) is 3. The lowest BCUT2D eigenvalue weighted by molar-refractivity contribution is -0.120. The lowest BCUT2D eigenvalue weighted by Crippen LogP contribution is -2.34. The molecule has 7 heteroatoms. The minimum atomic E-state index is -0.400. The molecule has 0 saturated heterocycles. The van der Waals surface area contributed by atoms with Gasteiger partial charge in [0.1, 0.15) is 0 Å². The third-order valence-electron chi connectivity index (χ3n) is 3.76. The number of rotatable bonds is 5. The lowest BCUT2D eigenvalue weighted by atomic mass is 10.1. The summed E-state index contributed by atoms with van der Waals surface area (Å²) in [6.45, 7) is 1.75. The van der Waals surface area contributed by atoms with Crippen LogP contribution in [0.5, 0.6) is 0 Å². The van der Waals surface area contributed by atoms with Gasteiger partial charge >= 0.3 is 0 Å². The number of aryl methyl sites for hydroxylation is 1. The highest BCUT2D eigenvalue weighted by atomic mass is 79.9. The second-order valence-electron chi connectivity index (χ2n) is 5.78. The Hall–Kier alpha value is -2.93. The summed E-state index contributed by atoms with van der Waals surface area (Å²) in [4.78, 5) is 27.0. The van der Waals surface area contributed by atoms with E-state index in [0.717, 1.165) is 26.5 Å². The zero-order chi connectivity index (χ0) is 18.5. The number of aromatic nitrogens is 1. The summed E-state index contributed by atoms with van der Waals surface area (Å²) >= 11 is 3.43. The number of halogens is 1. The van der Waals surface area contributed by atoms with Gasteiger partial charge in [-0.2, -0.15) is 5.10 Å². The Kier molecular flexibility index (Phi) is 5.48. The first-order valence-corrected chi connectivity index (χ1v) is 8.75. The molecule has 0 aliphatic carbocycles. The van der Waals surface area contributed by atoms with E-state index < -0.39 is 5.91 Å². The number of carbonyl (C=O) groups is 2. The highest BCUT2D eigenvalue weighted by molar-refractivity contribution is 9.10. The zero-order valence-corrected chi connectivity index (χ0v) is 15.6. The molecule has 3 aromatic rings. The molecule has 1 heterocycles. The molecule has 2 aromatic carbocycles. The summed E-state index contributed by atoms with van der Waals surface area (Å²) < 4.78 is 0.960. The van der Waals surface area contributed by atoms with E-state index in [4.69, 9.17) is 0 Å². The van der Waals surface area contributed by atoms with Crippen LogP contribution in [0, 0.1) is 6.92 Å². The van der Waals surface area contributed by atoms with Gasteiger partial charge in [0.2, 0.25) is 0 Å². The van der Waals surface area contributed by atoms with E-state index in [1.54, 1.807) is 24.4 Å². The van der Waals surface area contributed by atoms with E-state index in [0.29, 0.717) is 5.56 Å². The Morgan fingerprint density at radius 2 is 2.08 bits per heavy atom. The summed E-state index contributed by atoms with van der Waals surface area (Å²) in [5.74, 6) is -0.697. The SMILES string of the molecule is Cc1cccc(C(=O)NCC(=O)NN=Cc2c[nH]c3ccc(Br)cc23)c1. The Morgan fingerprint density at radius 1 is 1.23 bits per heavy atom. The van der Waals surface area contributed by atoms with Crippen LogP contribution >= 0.6 is 15.9 Å². The van der Waals surface area contributed by atoms with Crippen molar-refractivity contribution in [3.8, 4) is 0 Å². The van der Waals surface area contributed by atoms with Gasteiger partial charge in [-0.3, -0.25) is 9.59 Å². The summed E-state index contributed by atoms with van der Waals surface area (Å²) in [6.07, 6.45) is 3.37. The minimum absolute atomic E-state index is 0.149. The van der Waals surface area contributed by atoms with Crippen molar-refractivity contribution >= 4 is 44.9 Å². The number of benzene rings is 2. The molecule has 132 valence electrons. The van der Waals surface area contributed by atoms with Crippen molar-refractivity contribution in [3.63, 3.8) is 0 Å². The number of fused-ring (bicyclic) bond motifs is 1. The molecule has 0 spiro atoms. The van der Waals surface area contributed by atoms with Gasteiger partial charge in [-0.15, -0.1) is 0 Å². The fourth-order valence-corrected chi connectivity index (χ4v) is 2.84. The van der Waals surface area contributed by atoms with Crippen LogP contribution in [0.1, 0.15) is 21.5 Å². The smallest absolute Gasteiger partial charge is 0.259 e. The maximum absolute atomic E-state index is 12.0. The van der Waals surface area contributed by atoms with Gasteiger partial charge in [-0.25, -0.2) is 5.43 Å². The van der Waals surface area contributed by atoms with Crippen molar-refractivity contribution in [2.45, 2.75) is 6.92 Å². The number of H-pyrrole nitrogens is 1. The molecule has 26 heavy (non-hydrogen) atoms. The molecule has 0 aliphatic heterocycles. The van der Waals surface area contributed by atoms with Crippen LogP contribution in [0.25, 0.3) is 10.9 Å². The van der Waals surface area contributed by atoms with Crippen molar-refractivity contribution in [3.05, 3.63) is 69.8 Å². The number of hydrazone groups is 1. The average Bonchev–Trinajstić information content (AvgIpc) is 3.02. The normalized spacial score (nSPS) is 11.0. The van der Waals surface area contributed by atoms with Gasteiger partial charge in [0, 0.05) is 32.7 Å². The van der Waals surface area contributed by atoms with Crippen molar-refractivity contribution in [1.82, 2.24) is 15.7 Å². The Labute approximate surface area is 158 Å². The van der Waals surface area contributed by atoms with Gasteiger partial charge in [-0.05, 0) is 37.3 Å². The quantitative estimate of drug-likeness (QED) is 0.444. The number of amides is 2. The fourth-order valence-electron chi connectivity index (χ4n) is 2.48. The molecule has 0 unspecified atom stereocenters. The monoisotopic (exact) mass is 412 g/mol. The molecule has 1 aromatic heterocycles. The van der Waals surface area contributed by atoms with Gasteiger partial charge in [-0.1, -0.05) is 33.6 Å². The van der Waals surface area contributed by atoms with Crippen molar-refractivity contribution in [2.24, 2.45) is 5.10 Å². The molecule has 0 bridgehead atoms. The molecule has 3 rings (SSSR count). The first-order valence-electron chi connectivity index (χ1n) is 7.96. The van der Waals surface area contributed by atoms with E-state index in [1.165, 1.54) is 0 Å². The van der Waals surface area contributed by atoms with E-state index in [9.17, 15) is 9.59 Å². The van der Waals surface area contributed by atoms with Crippen molar-refractivity contribution in [2.75, 3.05) is 6.54 Å². The molecule has 0 radical (unpaired) electrons. The number of nitrogens with zero attached hydrogens (tertiary/aromatic N) is 1. The average molecular weight is 413 g/mol. The first kappa shape index (κ1) is 17.9. The van der Waals surface area contributed by atoms with Crippen LogP contribution < -0.4 is 10.7 Å². The Balaban J connectivity index is 1.54. The highest BCUT2D eigenvalue weighted by Gasteiger charge is 2.07. The van der Waals surface area contributed by atoms with Gasteiger partial charge < -0.3 is 10.3 Å². The standard InChI is InChI=1S/C19H17BrN4O2/c1-12-3-2-4-13(7-12)19(26)22-11-18(25)24-23-10-14-9-21-17-6-5-15(20)8-16(14)17/h2-10,21H,11H2,1H3,(H,22,26)(H,24,25). The number of hydrogen-bond donors (Lipinski definition) is 3.